The van der Waals surface area contributed by atoms with Crippen LogP contribution in [0.15, 0.2) is 0 Å². The molecule has 1 aromatic rings. The average molecular weight is 393 g/mol. The second-order valence-electron chi connectivity index (χ2n) is 7.55. The fourth-order valence-corrected chi connectivity index (χ4v) is 3.53. The van der Waals surface area contributed by atoms with Gasteiger partial charge in [0, 0.05) is 30.5 Å². The molecule has 0 aliphatic carbocycles. The van der Waals surface area contributed by atoms with Crippen LogP contribution in [-0.2, 0) is 9.47 Å². The minimum absolute atomic E-state index is 0.0524. The van der Waals surface area contributed by atoms with Gasteiger partial charge in [0.25, 0.3) is 0 Å². The number of ketones is 1. The zero-order chi connectivity index (χ0) is 21.0. The van der Waals surface area contributed by atoms with E-state index in [4.69, 9.17) is 9.47 Å². The molecule has 0 saturated carbocycles. The van der Waals surface area contributed by atoms with Crippen molar-refractivity contribution in [1.82, 2.24) is 15.2 Å². The molecular weight excluding hydrogens is 362 g/mol. The first-order valence-electron chi connectivity index (χ1n) is 9.67. The maximum absolute atomic E-state index is 13.3. The third-order valence-electron chi connectivity index (χ3n) is 5.02. The van der Waals surface area contributed by atoms with Crippen molar-refractivity contribution in [3.63, 3.8) is 0 Å². The summed E-state index contributed by atoms with van der Waals surface area (Å²) < 4.78 is 10.4. The molecule has 156 valence electrons. The molecule has 8 heteroatoms. The summed E-state index contributed by atoms with van der Waals surface area (Å²) in [6.45, 7) is 9.91. The molecule has 0 aromatic carbocycles. The van der Waals surface area contributed by atoms with Gasteiger partial charge in [-0.15, -0.1) is 0 Å². The smallest absolute Gasteiger partial charge is 0.354 e. The molecule has 2 heterocycles. The number of carbonyl (C=O) groups is 3. The van der Waals surface area contributed by atoms with E-state index < -0.39 is 12.0 Å². The van der Waals surface area contributed by atoms with Crippen LogP contribution in [0, 0.1) is 13.8 Å². The number of H-pyrrole nitrogens is 1. The van der Waals surface area contributed by atoms with E-state index in [2.05, 4.69) is 10.3 Å². The summed E-state index contributed by atoms with van der Waals surface area (Å²) in [6.07, 6.45) is 1.74. The van der Waals surface area contributed by atoms with Crippen molar-refractivity contribution in [1.29, 1.82) is 0 Å². The topological polar surface area (TPSA) is 101 Å². The highest BCUT2D eigenvalue weighted by molar-refractivity contribution is 6.06. The number of aryl methyl sites for hydroxylation is 1. The monoisotopic (exact) mass is 393 g/mol. The van der Waals surface area contributed by atoms with Crippen molar-refractivity contribution in [2.24, 2.45) is 0 Å². The summed E-state index contributed by atoms with van der Waals surface area (Å²) in [5.41, 5.74) is 1.79. The Morgan fingerprint density at radius 1 is 1.29 bits per heavy atom. The summed E-state index contributed by atoms with van der Waals surface area (Å²) in [6, 6.07) is -1.06. The number of amides is 2. The SMILES string of the molecule is COC(=O)c1[nH]c(C)c(C(=O)C(C)N(CC2CCCO2)C(=O)NC(C)C)c1C. The molecule has 0 spiro atoms. The first-order chi connectivity index (χ1) is 13.2. The van der Waals surface area contributed by atoms with E-state index in [0.29, 0.717) is 30.0 Å². The molecule has 1 aliphatic rings. The zero-order valence-corrected chi connectivity index (χ0v) is 17.5. The summed E-state index contributed by atoms with van der Waals surface area (Å²) in [7, 11) is 1.29. The second-order valence-corrected chi connectivity index (χ2v) is 7.55. The van der Waals surface area contributed by atoms with E-state index in [9.17, 15) is 14.4 Å². The highest BCUT2D eigenvalue weighted by Gasteiger charge is 2.33. The van der Waals surface area contributed by atoms with Gasteiger partial charge in [0.15, 0.2) is 5.78 Å². The van der Waals surface area contributed by atoms with Crippen LogP contribution in [0.4, 0.5) is 4.79 Å². The highest BCUT2D eigenvalue weighted by Crippen LogP contribution is 2.23. The van der Waals surface area contributed by atoms with Crippen LogP contribution in [0.2, 0.25) is 0 Å². The molecule has 2 amide bonds. The van der Waals surface area contributed by atoms with E-state index >= 15 is 0 Å². The Balaban J connectivity index is 2.30. The molecule has 8 nitrogen and oxygen atoms in total. The maximum atomic E-state index is 13.3. The number of urea groups is 1. The molecule has 2 N–H and O–H groups in total. The lowest BCUT2D eigenvalue weighted by atomic mass is 9.99. The van der Waals surface area contributed by atoms with Crippen LogP contribution in [0.3, 0.4) is 0 Å². The Bertz CT molecular complexity index is 734. The minimum atomic E-state index is -0.707. The first kappa shape index (κ1) is 21.9. The molecule has 1 saturated heterocycles. The molecule has 2 rings (SSSR count). The lowest BCUT2D eigenvalue weighted by molar-refractivity contribution is 0.0593. The lowest BCUT2D eigenvalue weighted by Crippen LogP contribution is -2.52. The van der Waals surface area contributed by atoms with Gasteiger partial charge in [-0.2, -0.15) is 0 Å². The molecule has 2 unspecified atom stereocenters. The van der Waals surface area contributed by atoms with Crippen LogP contribution >= 0.6 is 0 Å². The molecule has 28 heavy (non-hydrogen) atoms. The van der Waals surface area contributed by atoms with Gasteiger partial charge in [0.05, 0.1) is 19.3 Å². The Morgan fingerprint density at radius 3 is 2.50 bits per heavy atom. The number of rotatable bonds is 7. The van der Waals surface area contributed by atoms with Crippen LogP contribution in [0.5, 0.6) is 0 Å². The van der Waals surface area contributed by atoms with E-state index in [1.807, 2.05) is 13.8 Å². The van der Waals surface area contributed by atoms with Crippen molar-refractivity contribution in [2.75, 3.05) is 20.3 Å². The van der Waals surface area contributed by atoms with Gasteiger partial charge in [0.2, 0.25) is 0 Å². The number of carbonyl (C=O) groups excluding carboxylic acids is 3. The zero-order valence-electron chi connectivity index (χ0n) is 17.5. The Labute approximate surface area is 165 Å². The van der Waals surface area contributed by atoms with E-state index in [1.165, 1.54) is 12.0 Å². The average Bonchev–Trinajstić information content (AvgIpc) is 3.25. The van der Waals surface area contributed by atoms with E-state index in [1.54, 1.807) is 20.8 Å². The van der Waals surface area contributed by atoms with Crippen LogP contribution in [-0.4, -0.2) is 66.1 Å². The largest absolute Gasteiger partial charge is 0.464 e. The number of aromatic nitrogens is 1. The highest BCUT2D eigenvalue weighted by atomic mass is 16.5. The maximum Gasteiger partial charge on any atom is 0.354 e. The Morgan fingerprint density at radius 2 is 1.96 bits per heavy atom. The van der Waals surface area contributed by atoms with Gasteiger partial charge in [0.1, 0.15) is 5.69 Å². The molecule has 1 fully saturated rings. The van der Waals surface area contributed by atoms with Crippen molar-refractivity contribution in [2.45, 2.75) is 65.6 Å². The standard InChI is InChI=1S/C20H31N3O5/c1-11(2)21-20(26)23(10-15-8-7-9-28-15)14(5)18(24)16-12(3)17(19(25)27-6)22-13(16)4/h11,14-15,22H,7-10H2,1-6H3,(H,21,26). The molecule has 1 aliphatic heterocycles. The number of esters is 1. The number of methoxy groups -OCH3 is 1. The quantitative estimate of drug-likeness (QED) is 0.548. The van der Waals surface area contributed by atoms with Gasteiger partial charge < -0.3 is 24.7 Å². The molecule has 2 atom stereocenters. The Kier molecular flexibility index (Phi) is 7.23. The third kappa shape index (κ3) is 4.73. The summed E-state index contributed by atoms with van der Waals surface area (Å²) in [4.78, 5) is 42.4. The number of hydrogen-bond acceptors (Lipinski definition) is 5. The minimum Gasteiger partial charge on any atom is -0.464 e. The normalized spacial score (nSPS) is 17.5. The van der Waals surface area contributed by atoms with E-state index in [0.717, 1.165) is 12.8 Å². The van der Waals surface area contributed by atoms with Gasteiger partial charge in [-0.05, 0) is 53.0 Å². The van der Waals surface area contributed by atoms with Crippen molar-refractivity contribution >= 4 is 17.8 Å². The Hall–Kier alpha value is -2.35. The number of aromatic amines is 1. The second kappa shape index (κ2) is 9.23. The van der Waals surface area contributed by atoms with Gasteiger partial charge in [-0.1, -0.05) is 0 Å². The molecule has 0 radical (unpaired) electrons. The van der Waals surface area contributed by atoms with Crippen LogP contribution < -0.4 is 5.32 Å². The van der Waals surface area contributed by atoms with Crippen LogP contribution in [0.25, 0.3) is 0 Å². The van der Waals surface area contributed by atoms with Crippen LogP contribution in [0.1, 0.15) is 65.7 Å². The fraction of sp³-hybridized carbons (Fsp3) is 0.650. The predicted octanol–water partition coefficient (Wildman–Crippen LogP) is 2.59. The summed E-state index contributed by atoms with van der Waals surface area (Å²) in [5, 5.41) is 2.86. The van der Waals surface area contributed by atoms with Gasteiger partial charge >= 0.3 is 12.0 Å². The number of hydrogen-bond donors (Lipinski definition) is 2. The summed E-state index contributed by atoms with van der Waals surface area (Å²) in [5.74, 6) is -0.751. The third-order valence-corrected chi connectivity index (χ3v) is 5.02. The number of Topliss-reactive ketones (excluding diaryl/α,β-unsaturated/α-hetero) is 1. The number of ether oxygens (including phenoxy) is 2. The van der Waals surface area contributed by atoms with Gasteiger partial charge in [-0.25, -0.2) is 9.59 Å². The van der Waals surface area contributed by atoms with Crippen molar-refractivity contribution in [3.05, 3.63) is 22.5 Å². The van der Waals surface area contributed by atoms with Crippen molar-refractivity contribution < 1.29 is 23.9 Å². The van der Waals surface area contributed by atoms with Gasteiger partial charge in [-0.3, -0.25) is 4.79 Å². The first-order valence-corrected chi connectivity index (χ1v) is 9.67. The fourth-order valence-electron chi connectivity index (χ4n) is 3.53. The molecule has 0 bridgehead atoms. The van der Waals surface area contributed by atoms with Crippen molar-refractivity contribution in [3.8, 4) is 0 Å². The lowest BCUT2D eigenvalue weighted by Gasteiger charge is -2.31. The predicted molar refractivity (Wildman–Crippen MR) is 105 cm³/mol. The number of nitrogens with zero attached hydrogens (tertiary/aromatic N) is 1. The number of nitrogens with one attached hydrogen (secondary N) is 2. The molecule has 1 aromatic heterocycles. The van der Waals surface area contributed by atoms with E-state index in [-0.39, 0.29) is 29.7 Å². The molecular formula is C20H31N3O5. The summed E-state index contributed by atoms with van der Waals surface area (Å²) >= 11 is 0.